The number of nitrogens with zero attached hydrogens (tertiary/aromatic N) is 3. The highest BCUT2D eigenvalue weighted by Gasteiger charge is 2.24. The van der Waals surface area contributed by atoms with Gasteiger partial charge < -0.3 is 0 Å². The van der Waals surface area contributed by atoms with Gasteiger partial charge in [0, 0.05) is 11.8 Å². The molecule has 118 valence electrons. The first-order chi connectivity index (χ1) is 11.1. The van der Waals surface area contributed by atoms with E-state index >= 15 is 0 Å². The molecule has 2 aromatic heterocycles. The minimum Gasteiger partial charge on any atom is -0.194 e. The van der Waals surface area contributed by atoms with Gasteiger partial charge in [-0.1, -0.05) is 58.0 Å². The molecule has 1 aromatic carbocycles. The average Bonchev–Trinajstić information content (AvgIpc) is 3.08. The topological polar surface area (TPSA) is 45.5 Å². The van der Waals surface area contributed by atoms with E-state index in [1.165, 1.54) is 22.5 Å². The number of benzene rings is 1. The molecule has 4 heteroatoms. The SMILES string of the molecule is CC(C)c1cc(-c2ccccc2)cc(C(C)C)[n+]1-c1cn[nH]n1. The summed E-state index contributed by atoms with van der Waals surface area (Å²) in [6, 6.07) is 15.1. The van der Waals surface area contributed by atoms with Gasteiger partial charge in [-0.05, 0) is 23.3 Å². The van der Waals surface area contributed by atoms with Gasteiger partial charge in [0.25, 0.3) is 0 Å². The van der Waals surface area contributed by atoms with Crippen molar-refractivity contribution in [1.82, 2.24) is 15.4 Å². The van der Waals surface area contributed by atoms with Crippen molar-refractivity contribution >= 4 is 0 Å². The van der Waals surface area contributed by atoms with E-state index in [9.17, 15) is 0 Å². The van der Waals surface area contributed by atoms with Gasteiger partial charge in [0.15, 0.2) is 0 Å². The normalized spacial score (nSPS) is 11.4. The Labute approximate surface area is 137 Å². The Bertz CT molecular complexity index is 745. The van der Waals surface area contributed by atoms with Gasteiger partial charge in [-0.3, -0.25) is 0 Å². The summed E-state index contributed by atoms with van der Waals surface area (Å²) in [6.07, 6.45) is 1.78. The minimum atomic E-state index is 0.382. The second kappa shape index (κ2) is 6.32. The van der Waals surface area contributed by atoms with Gasteiger partial charge in [0.2, 0.25) is 0 Å². The van der Waals surface area contributed by atoms with Gasteiger partial charge in [-0.2, -0.15) is 4.57 Å². The number of nitrogens with one attached hydrogen (secondary N) is 1. The molecule has 3 aromatic rings. The van der Waals surface area contributed by atoms with Crippen LogP contribution in [0.2, 0.25) is 0 Å². The lowest BCUT2D eigenvalue weighted by atomic mass is 9.97. The first-order valence-electron chi connectivity index (χ1n) is 8.09. The number of H-pyrrole nitrogens is 1. The van der Waals surface area contributed by atoms with E-state index in [-0.39, 0.29) is 0 Å². The molecule has 0 amide bonds. The van der Waals surface area contributed by atoms with Crippen LogP contribution < -0.4 is 4.57 Å². The van der Waals surface area contributed by atoms with Crippen molar-refractivity contribution in [2.24, 2.45) is 0 Å². The molecule has 3 rings (SSSR count). The van der Waals surface area contributed by atoms with Crippen LogP contribution in [0.1, 0.15) is 50.9 Å². The van der Waals surface area contributed by atoms with E-state index in [0.29, 0.717) is 11.8 Å². The lowest BCUT2D eigenvalue weighted by Gasteiger charge is -2.17. The van der Waals surface area contributed by atoms with Crippen LogP contribution in [0.25, 0.3) is 16.9 Å². The van der Waals surface area contributed by atoms with Crippen LogP contribution in [0.4, 0.5) is 0 Å². The molecule has 0 saturated carbocycles. The molecule has 0 atom stereocenters. The molecule has 0 spiro atoms. The van der Waals surface area contributed by atoms with Crippen LogP contribution in [-0.4, -0.2) is 15.4 Å². The Morgan fingerprint density at radius 2 is 1.48 bits per heavy atom. The number of rotatable bonds is 4. The average molecular weight is 307 g/mol. The molecule has 23 heavy (non-hydrogen) atoms. The second-order valence-electron chi connectivity index (χ2n) is 6.43. The Hall–Kier alpha value is -2.49. The largest absolute Gasteiger partial charge is 0.375 e. The molecule has 0 fully saturated rings. The van der Waals surface area contributed by atoms with E-state index in [0.717, 1.165) is 5.82 Å². The fourth-order valence-electron chi connectivity index (χ4n) is 2.85. The molecule has 0 saturated heterocycles. The summed E-state index contributed by atoms with van der Waals surface area (Å²) >= 11 is 0. The number of hydrogen-bond donors (Lipinski definition) is 1. The first-order valence-corrected chi connectivity index (χ1v) is 8.09. The third-order valence-electron chi connectivity index (χ3n) is 4.04. The summed E-state index contributed by atoms with van der Waals surface area (Å²) in [5.74, 6) is 1.61. The zero-order valence-electron chi connectivity index (χ0n) is 14.1. The lowest BCUT2D eigenvalue weighted by Crippen LogP contribution is -2.42. The van der Waals surface area contributed by atoms with Gasteiger partial charge in [-0.15, -0.1) is 10.3 Å². The van der Waals surface area contributed by atoms with Crippen LogP contribution >= 0.6 is 0 Å². The fourth-order valence-corrected chi connectivity index (χ4v) is 2.85. The molecular formula is C19H23N4+. The highest BCUT2D eigenvalue weighted by atomic mass is 15.4. The molecule has 1 N–H and O–H groups in total. The second-order valence-corrected chi connectivity index (χ2v) is 6.43. The molecule has 0 aliphatic heterocycles. The number of pyridine rings is 1. The van der Waals surface area contributed by atoms with Crippen LogP contribution in [0, 0.1) is 0 Å². The molecule has 0 aliphatic carbocycles. The quantitative estimate of drug-likeness (QED) is 0.741. The monoisotopic (exact) mass is 307 g/mol. The van der Waals surface area contributed by atoms with E-state index < -0.39 is 0 Å². The summed E-state index contributed by atoms with van der Waals surface area (Å²) in [6.45, 7) is 8.85. The third-order valence-corrected chi connectivity index (χ3v) is 4.04. The standard InChI is InChI=1S/C19H23N4/c1-13(2)17-10-16(15-8-6-5-7-9-15)11-18(14(3)4)23(17)19-12-20-22-21-19/h5-14H,1-4H3,(H,20,21,22)/q+1. The minimum absolute atomic E-state index is 0.382. The van der Waals surface area contributed by atoms with Gasteiger partial charge >= 0.3 is 5.82 Å². The van der Waals surface area contributed by atoms with Crippen molar-refractivity contribution in [1.29, 1.82) is 0 Å². The van der Waals surface area contributed by atoms with Crippen LogP contribution in [0.15, 0.2) is 48.7 Å². The maximum atomic E-state index is 4.30. The number of aromatic amines is 1. The van der Waals surface area contributed by atoms with Crippen molar-refractivity contribution in [2.75, 3.05) is 0 Å². The van der Waals surface area contributed by atoms with E-state index in [4.69, 9.17) is 0 Å². The van der Waals surface area contributed by atoms with Crippen LogP contribution in [0.5, 0.6) is 0 Å². The Morgan fingerprint density at radius 1 is 0.870 bits per heavy atom. The molecule has 0 aliphatic rings. The molecule has 0 unspecified atom stereocenters. The summed E-state index contributed by atoms with van der Waals surface area (Å²) in [4.78, 5) is 0. The highest BCUT2D eigenvalue weighted by Crippen LogP contribution is 2.26. The predicted molar refractivity (Wildman–Crippen MR) is 91.5 cm³/mol. The highest BCUT2D eigenvalue weighted by molar-refractivity contribution is 5.63. The molecular weight excluding hydrogens is 284 g/mol. The van der Waals surface area contributed by atoms with Gasteiger partial charge in [-0.25, -0.2) is 0 Å². The predicted octanol–water partition coefficient (Wildman–Crippen LogP) is 4.00. The lowest BCUT2D eigenvalue weighted by molar-refractivity contribution is -0.619. The molecule has 2 heterocycles. The van der Waals surface area contributed by atoms with Gasteiger partial charge in [0.1, 0.15) is 17.6 Å². The summed E-state index contributed by atoms with van der Waals surface area (Å²) in [5.41, 5.74) is 4.97. The van der Waals surface area contributed by atoms with Gasteiger partial charge in [0.05, 0.1) is 5.10 Å². The van der Waals surface area contributed by atoms with Crippen molar-refractivity contribution in [2.45, 2.75) is 39.5 Å². The zero-order valence-corrected chi connectivity index (χ0v) is 14.1. The van der Waals surface area contributed by atoms with Crippen LogP contribution in [-0.2, 0) is 0 Å². The number of hydrogen-bond acceptors (Lipinski definition) is 2. The molecule has 0 radical (unpaired) electrons. The molecule has 4 nitrogen and oxygen atoms in total. The van der Waals surface area contributed by atoms with E-state index in [1.807, 2.05) is 0 Å². The van der Waals surface area contributed by atoms with Crippen molar-refractivity contribution in [3.63, 3.8) is 0 Å². The maximum absolute atomic E-state index is 4.30. The van der Waals surface area contributed by atoms with E-state index in [1.54, 1.807) is 6.20 Å². The Morgan fingerprint density at radius 3 is 1.96 bits per heavy atom. The Balaban J connectivity index is 2.28. The third kappa shape index (κ3) is 3.02. The summed E-state index contributed by atoms with van der Waals surface area (Å²) in [7, 11) is 0. The van der Waals surface area contributed by atoms with E-state index in [2.05, 4.69) is 90.1 Å². The maximum Gasteiger partial charge on any atom is 0.375 e. The summed E-state index contributed by atoms with van der Waals surface area (Å²) < 4.78 is 2.23. The van der Waals surface area contributed by atoms with Crippen LogP contribution in [0.3, 0.4) is 0 Å². The molecule has 0 bridgehead atoms. The fraction of sp³-hybridized carbons (Fsp3) is 0.316. The number of aromatic nitrogens is 4. The van der Waals surface area contributed by atoms with Crippen molar-refractivity contribution in [3.8, 4) is 16.9 Å². The van der Waals surface area contributed by atoms with Crippen molar-refractivity contribution in [3.05, 3.63) is 60.0 Å². The van der Waals surface area contributed by atoms with Crippen molar-refractivity contribution < 1.29 is 4.57 Å². The first kappa shape index (κ1) is 15.4. The summed E-state index contributed by atoms with van der Waals surface area (Å²) in [5, 5.41) is 11.0. The smallest absolute Gasteiger partial charge is 0.194 e. The zero-order chi connectivity index (χ0) is 16.4. The Kier molecular flexibility index (Phi) is 4.24.